The minimum Gasteiger partial charge on any atom is -0.308 e. The van der Waals surface area contributed by atoms with E-state index in [1.807, 2.05) is 11.3 Å². The van der Waals surface area contributed by atoms with E-state index in [9.17, 15) is 0 Å². The van der Waals surface area contributed by atoms with Crippen molar-refractivity contribution in [3.8, 4) is 17.2 Å². The smallest absolute Gasteiger partial charge is 0.236 e. The first-order valence-corrected chi connectivity index (χ1v) is 21.3. The third-order valence-electron chi connectivity index (χ3n) is 12.9. The average molecular weight is 771 g/mol. The van der Waals surface area contributed by atoms with Crippen LogP contribution in [0.3, 0.4) is 0 Å². The number of thiophene rings is 2. The first-order chi connectivity index (χ1) is 28.8. The topological polar surface area (TPSA) is 35.1 Å². The summed E-state index contributed by atoms with van der Waals surface area (Å²) in [5, 5.41) is 17.6. The lowest BCUT2D eigenvalue weighted by atomic mass is 9.92. The molecule has 0 atom stereocenters. The van der Waals surface area contributed by atoms with E-state index in [1.165, 1.54) is 101 Å². The van der Waals surface area contributed by atoms with Crippen LogP contribution in [-0.4, -0.2) is 18.9 Å². The fourth-order valence-electron chi connectivity index (χ4n) is 10.6. The van der Waals surface area contributed by atoms with Crippen LogP contribution in [0.25, 0.3) is 139 Å². The largest absolute Gasteiger partial charge is 0.308 e. The molecule has 0 aliphatic carbocycles. The Morgan fingerprint density at radius 1 is 0.362 bits per heavy atom. The number of hydrogen-bond acceptors (Lipinski definition) is 4. The summed E-state index contributed by atoms with van der Waals surface area (Å²) in [5.74, 6) is 0.692. The molecule has 0 aliphatic rings. The van der Waals surface area contributed by atoms with Crippen LogP contribution in [0.1, 0.15) is 0 Å². The average Bonchev–Trinajstić information content (AvgIpc) is 4.01. The van der Waals surface area contributed by atoms with Gasteiger partial charge in [0.2, 0.25) is 5.95 Å². The Balaban J connectivity index is 1.11. The van der Waals surface area contributed by atoms with Crippen molar-refractivity contribution in [3.63, 3.8) is 0 Å². The van der Waals surface area contributed by atoms with Crippen molar-refractivity contribution in [3.05, 3.63) is 158 Å². The number of rotatable bonds is 2. The summed E-state index contributed by atoms with van der Waals surface area (Å²) in [6.45, 7) is 0. The number of aromatic nitrogens is 4. The van der Waals surface area contributed by atoms with Gasteiger partial charge in [-0.2, -0.15) is 0 Å². The van der Waals surface area contributed by atoms with E-state index in [2.05, 4.69) is 167 Å². The van der Waals surface area contributed by atoms with Crippen molar-refractivity contribution in [2.45, 2.75) is 0 Å². The Kier molecular flexibility index (Phi) is 5.41. The zero-order valence-electron chi connectivity index (χ0n) is 30.6. The molecule has 0 unspecified atom stereocenters. The van der Waals surface area contributed by atoms with Gasteiger partial charge in [0.15, 0.2) is 0 Å². The first-order valence-electron chi connectivity index (χ1n) is 19.7. The first kappa shape index (κ1) is 30.1. The molecule has 0 spiro atoms. The van der Waals surface area contributed by atoms with Gasteiger partial charge >= 0.3 is 0 Å². The molecule has 6 heteroatoms. The van der Waals surface area contributed by atoms with Crippen LogP contribution in [0.4, 0.5) is 0 Å². The number of fused-ring (bicyclic) bond motifs is 13. The molecule has 0 bridgehead atoms. The maximum Gasteiger partial charge on any atom is 0.236 e. The van der Waals surface area contributed by atoms with Crippen LogP contribution in [-0.2, 0) is 0 Å². The minimum atomic E-state index is 0.692. The second-order valence-corrected chi connectivity index (χ2v) is 17.7. The Morgan fingerprint density at radius 2 is 0.983 bits per heavy atom. The van der Waals surface area contributed by atoms with Gasteiger partial charge in [-0.3, -0.25) is 4.57 Å². The molecule has 0 saturated heterocycles. The van der Waals surface area contributed by atoms with Crippen molar-refractivity contribution >= 4 is 145 Å². The molecule has 15 aromatic rings. The molecule has 0 fully saturated rings. The predicted octanol–water partition coefficient (Wildman–Crippen LogP) is 14.9. The summed E-state index contributed by atoms with van der Waals surface area (Å²) in [4.78, 5) is 12.2. The van der Waals surface area contributed by atoms with Crippen LogP contribution >= 0.6 is 22.7 Å². The molecule has 266 valence electrons. The van der Waals surface area contributed by atoms with E-state index in [1.54, 1.807) is 11.3 Å². The van der Waals surface area contributed by atoms with Crippen molar-refractivity contribution in [2.24, 2.45) is 0 Å². The summed E-state index contributed by atoms with van der Waals surface area (Å²) in [5.41, 5.74) is 8.01. The van der Waals surface area contributed by atoms with Crippen molar-refractivity contribution in [1.29, 1.82) is 0 Å². The second-order valence-electron chi connectivity index (χ2n) is 15.6. The Morgan fingerprint density at radius 3 is 1.81 bits per heavy atom. The van der Waals surface area contributed by atoms with Gasteiger partial charge < -0.3 is 4.40 Å². The quantitative estimate of drug-likeness (QED) is 0.164. The summed E-state index contributed by atoms with van der Waals surface area (Å²) in [7, 11) is 0. The van der Waals surface area contributed by atoms with Crippen molar-refractivity contribution in [1.82, 2.24) is 18.9 Å². The second kappa shape index (κ2) is 10.4. The summed E-state index contributed by atoms with van der Waals surface area (Å²) >= 11 is 3.64. The van der Waals surface area contributed by atoms with Crippen molar-refractivity contribution < 1.29 is 0 Å². The lowest BCUT2D eigenvalue weighted by Crippen LogP contribution is -2.03. The normalized spacial score (nSPS) is 12.8. The maximum atomic E-state index is 5.69. The van der Waals surface area contributed by atoms with E-state index < -0.39 is 0 Å². The van der Waals surface area contributed by atoms with Gasteiger partial charge in [0, 0.05) is 62.8 Å². The van der Waals surface area contributed by atoms with E-state index >= 15 is 0 Å². The summed E-state index contributed by atoms with van der Waals surface area (Å²) in [6.07, 6.45) is 0. The van der Waals surface area contributed by atoms with Gasteiger partial charge in [0.05, 0.1) is 33.3 Å². The molecule has 9 aromatic carbocycles. The van der Waals surface area contributed by atoms with Crippen LogP contribution in [0.5, 0.6) is 0 Å². The highest BCUT2D eigenvalue weighted by atomic mass is 32.1. The molecule has 15 rings (SSSR count). The Labute approximate surface area is 336 Å². The van der Waals surface area contributed by atoms with E-state index in [-0.39, 0.29) is 0 Å². The lowest BCUT2D eigenvalue weighted by molar-refractivity contribution is 1.02. The number of hydrogen-bond donors (Lipinski definition) is 0. The predicted molar refractivity (Wildman–Crippen MR) is 248 cm³/mol. The SMILES string of the molecule is c1ccc2c(c1)sc1nc(-n3c4ccc5sc6ccc7c8ccccc8n8c9cccc3c9c4c5c6c78)nc(-c3ccc4c5ccccc5c5ccccc5c4c3)c12. The van der Waals surface area contributed by atoms with Gasteiger partial charge in [-0.1, -0.05) is 109 Å². The monoisotopic (exact) mass is 770 g/mol. The molecule has 6 aromatic heterocycles. The number of nitrogens with zero attached hydrogens (tertiary/aromatic N) is 4. The van der Waals surface area contributed by atoms with Gasteiger partial charge in [-0.05, 0) is 80.8 Å². The minimum absolute atomic E-state index is 0.692. The van der Waals surface area contributed by atoms with Crippen LogP contribution in [0, 0.1) is 0 Å². The van der Waals surface area contributed by atoms with Gasteiger partial charge in [0.25, 0.3) is 0 Å². The molecule has 6 heterocycles. The number of benzene rings is 9. The van der Waals surface area contributed by atoms with E-state index in [4.69, 9.17) is 9.97 Å². The fraction of sp³-hybridized carbons (Fsp3) is 0. The van der Waals surface area contributed by atoms with Crippen molar-refractivity contribution in [2.75, 3.05) is 0 Å². The molecular weight excluding hydrogens is 745 g/mol. The Bertz CT molecular complexity index is 4240. The third kappa shape index (κ3) is 3.54. The molecule has 0 N–H and O–H groups in total. The third-order valence-corrected chi connectivity index (χ3v) is 15.0. The molecule has 0 radical (unpaired) electrons. The Hall–Kier alpha value is -7.12. The van der Waals surface area contributed by atoms with Gasteiger partial charge in [-0.25, -0.2) is 9.97 Å². The maximum absolute atomic E-state index is 5.69. The van der Waals surface area contributed by atoms with Gasteiger partial charge in [0.1, 0.15) is 4.83 Å². The summed E-state index contributed by atoms with van der Waals surface area (Å²) in [6, 6.07) is 58.1. The van der Waals surface area contributed by atoms with E-state index in [0.717, 1.165) is 32.5 Å². The standard InChI is InChI=1S/C52H26N4S2/c1-2-12-30-28(10-1)29-11-3-4-13-31(29)36-26-27(20-21-32(30)36)49-44-35-15-6-8-19-41(35)58-51(44)54-52(53-49)56-39-18-9-17-38-45(39)46-40(56)23-25-42-47(46)48-43(57-42)24-22-34-33-14-5-7-16-37(33)55(38)50(34)48/h1-26H. The van der Waals surface area contributed by atoms with Crippen LogP contribution in [0.15, 0.2) is 158 Å². The fourth-order valence-corrected chi connectivity index (χ4v) is 12.7. The van der Waals surface area contributed by atoms with Crippen LogP contribution < -0.4 is 0 Å². The molecule has 0 saturated carbocycles. The molecular formula is C52H26N4S2. The molecule has 0 aliphatic heterocycles. The summed E-state index contributed by atoms with van der Waals surface area (Å²) < 4.78 is 8.69. The van der Waals surface area contributed by atoms with Crippen LogP contribution in [0.2, 0.25) is 0 Å². The highest BCUT2D eigenvalue weighted by Crippen LogP contribution is 2.50. The molecule has 58 heavy (non-hydrogen) atoms. The van der Waals surface area contributed by atoms with E-state index in [0.29, 0.717) is 5.95 Å². The highest BCUT2D eigenvalue weighted by Gasteiger charge is 2.27. The van der Waals surface area contributed by atoms with Gasteiger partial charge in [-0.15, -0.1) is 22.7 Å². The number of para-hydroxylation sites is 1. The lowest BCUT2D eigenvalue weighted by Gasteiger charge is -2.13. The zero-order valence-corrected chi connectivity index (χ0v) is 32.2. The molecule has 4 nitrogen and oxygen atoms in total. The zero-order chi connectivity index (χ0) is 37.4. The highest BCUT2D eigenvalue weighted by molar-refractivity contribution is 7.26. The molecule has 0 amide bonds.